The summed E-state index contributed by atoms with van der Waals surface area (Å²) < 4.78 is 13.1. The molecule has 3 heteroatoms. The van der Waals surface area contributed by atoms with Gasteiger partial charge in [0.05, 0.1) is 0 Å². The molecule has 0 N–H and O–H groups in total. The molecule has 0 amide bonds. The smallest absolute Gasteiger partial charge is 0.260 e. The number of aryl methyl sites for hydroxylation is 1. The van der Waals surface area contributed by atoms with Crippen molar-refractivity contribution < 1.29 is 9.47 Å². The fourth-order valence-corrected chi connectivity index (χ4v) is 5.14. The molecule has 0 bridgehead atoms. The van der Waals surface area contributed by atoms with E-state index < -0.39 is 0 Å². The van der Waals surface area contributed by atoms with E-state index in [-0.39, 0.29) is 12.1 Å². The lowest BCUT2D eigenvalue weighted by molar-refractivity contribution is 0.451. The molecule has 2 aliphatic heterocycles. The van der Waals surface area contributed by atoms with Crippen molar-refractivity contribution in [3.8, 4) is 23.0 Å². The Morgan fingerprint density at radius 2 is 1.36 bits per heavy atom. The first-order chi connectivity index (χ1) is 13.3. The molecule has 2 heterocycles. The number of fused-ring (bicyclic) bond motifs is 4. The Morgan fingerprint density at radius 3 is 2.04 bits per heavy atom. The number of para-hydroxylation sites is 1. The SMILES string of the molecule is Cc1ccc2c(c1)Oc1c(C)c(C(C)(C)C)c(C)c3c1B2c1ccccc1O3. The van der Waals surface area contributed by atoms with E-state index in [1.165, 1.54) is 38.6 Å². The molecule has 140 valence electrons. The van der Waals surface area contributed by atoms with Crippen LogP contribution in [-0.2, 0) is 5.41 Å². The van der Waals surface area contributed by atoms with Crippen molar-refractivity contribution in [2.45, 2.75) is 47.0 Å². The van der Waals surface area contributed by atoms with Gasteiger partial charge in [-0.25, -0.2) is 0 Å². The van der Waals surface area contributed by atoms with Gasteiger partial charge in [-0.15, -0.1) is 0 Å². The van der Waals surface area contributed by atoms with Crippen molar-refractivity contribution in [3.05, 3.63) is 64.7 Å². The van der Waals surface area contributed by atoms with Gasteiger partial charge < -0.3 is 9.47 Å². The van der Waals surface area contributed by atoms with Crippen LogP contribution in [0.4, 0.5) is 0 Å². The summed E-state index contributed by atoms with van der Waals surface area (Å²) in [5.41, 5.74) is 8.60. The summed E-state index contributed by atoms with van der Waals surface area (Å²) in [5, 5.41) is 0. The third-order valence-corrected chi connectivity index (χ3v) is 6.09. The second kappa shape index (κ2) is 5.67. The molecule has 28 heavy (non-hydrogen) atoms. The van der Waals surface area contributed by atoms with Crippen LogP contribution < -0.4 is 25.9 Å². The summed E-state index contributed by atoms with van der Waals surface area (Å²) in [6.45, 7) is 13.4. The van der Waals surface area contributed by atoms with Crippen LogP contribution in [0.1, 0.15) is 43.0 Å². The van der Waals surface area contributed by atoms with Crippen LogP contribution in [0.25, 0.3) is 0 Å². The summed E-state index contributed by atoms with van der Waals surface area (Å²) in [6.07, 6.45) is 0. The van der Waals surface area contributed by atoms with Gasteiger partial charge in [0.1, 0.15) is 23.0 Å². The van der Waals surface area contributed by atoms with E-state index in [1.54, 1.807) is 0 Å². The van der Waals surface area contributed by atoms with Crippen LogP contribution in [0.15, 0.2) is 42.5 Å². The molecule has 0 atom stereocenters. The fraction of sp³-hybridized carbons (Fsp3) is 0.280. The highest BCUT2D eigenvalue weighted by Crippen LogP contribution is 2.44. The number of hydrogen-bond donors (Lipinski definition) is 0. The predicted molar refractivity (Wildman–Crippen MR) is 117 cm³/mol. The Kier molecular flexibility index (Phi) is 3.53. The van der Waals surface area contributed by atoms with Crippen molar-refractivity contribution in [1.29, 1.82) is 0 Å². The Morgan fingerprint density at radius 1 is 0.750 bits per heavy atom. The number of benzene rings is 3. The zero-order valence-corrected chi connectivity index (χ0v) is 17.4. The van der Waals surface area contributed by atoms with Crippen LogP contribution in [0.2, 0.25) is 0 Å². The van der Waals surface area contributed by atoms with Crippen LogP contribution in [-0.4, -0.2) is 6.71 Å². The Labute approximate surface area is 167 Å². The molecule has 5 rings (SSSR count). The van der Waals surface area contributed by atoms with Gasteiger partial charge in [0.15, 0.2) is 0 Å². The van der Waals surface area contributed by atoms with Gasteiger partial charge in [0.2, 0.25) is 0 Å². The molecule has 0 spiro atoms. The molecule has 2 nitrogen and oxygen atoms in total. The topological polar surface area (TPSA) is 18.5 Å². The van der Waals surface area contributed by atoms with Gasteiger partial charge in [-0.2, -0.15) is 0 Å². The monoisotopic (exact) mass is 368 g/mol. The molecule has 3 aromatic rings. The van der Waals surface area contributed by atoms with Crippen LogP contribution in [0, 0.1) is 20.8 Å². The molecule has 0 radical (unpaired) electrons. The van der Waals surface area contributed by atoms with Crippen molar-refractivity contribution in [2.75, 3.05) is 0 Å². The van der Waals surface area contributed by atoms with E-state index in [0.29, 0.717) is 0 Å². The predicted octanol–water partition coefficient (Wildman–Crippen LogP) is 4.64. The Hall–Kier alpha value is -2.68. The van der Waals surface area contributed by atoms with Gasteiger partial charge in [-0.1, -0.05) is 51.1 Å². The van der Waals surface area contributed by atoms with Crippen LogP contribution >= 0.6 is 0 Å². The van der Waals surface area contributed by atoms with Crippen LogP contribution in [0.5, 0.6) is 23.0 Å². The summed E-state index contributed by atoms with van der Waals surface area (Å²) in [5.74, 6) is 3.86. The highest BCUT2D eigenvalue weighted by atomic mass is 16.5. The minimum absolute atomic E-state index is 0.00571. The van der Waals surface area contributed by atoms with Crippen molar-refractivity contribution in [2.24, 2.45) is 0 Å². The molecule has 0 aliphatic carbocycles. The largest absolute Gasteiger partial charge is 0.458 e. The standard InChI is InChI=1S/C25H25BO2/c1-14-11-12-18-20(13-14)28-24-16(3)21(25(4,5)6)15(2)23-22(24)26(18)17-9-7-8-10-19(17)27-23/h7-13H,1-6H3. The molecule has 0 saturated carbocycles. The molecular formula is C25H25BO2. The normalized spacial score (nSPS) is 13.9. The first-order valence-corrected chi connectivity index (χ1v) is 10.00. The lowest BCUT2D eigenvalue weighted by Gasteiger charge is -2.37. The van der Waals surface area contributed by atoms with Crippen molar-refractivity contribution in [3.63, 3.8) is 0 Å². The summed E-state index contributed by atoms with van der Waals surface area (Å²) >= 11 is 0. The molecule has 2 aliphatic rings. The maximum atomic E-state index is 6.56. The third kappa shape index (κ3) is 2.29. The minimum Gasteiger partial charge on any atom is -0.458 e. The third-order valence-electron chi connectivity index (χ3n) is 6.09. The Bertz CT molecular complexity index is 1140. The van der Waals surface area contributed by atoms with Gasteiger partial charge >= 0.3 is 0 Å². The first-order valence-electron chi connectivity index (χ1n) is 10.00. The number of rotatable bonds is 0. The zero-order valence-electron chi connectivity index (χ0n) is 17.4. The van der Waals surface area contributed by atoms with Gasteiger partial charge in [0, 0.05) is 5.46 Å². The minimum atomic E-state index is 0.00571. The van der Waals surface area contributed by atoms with E-state index in [1.807, 2.05) is 6.07 Å². The zero-order chi connectivity index (χ0) is 19.8. The lowest BCUT2D eigenvalue weighted by atomic mass is 9.34. The lowest BCUT2D eigenvalue weighted by Crippen LogP contribution is -2.58. The second-order valence-corrected chi connectivity index (χ2v) is 9.16. The molecule has 0 unspecified atom stereocenters. The van der Waals surface area contributed by atoms with E-state index in [4.69, 9.17) is 9.47 Å². The van der Waals surface area contributed by atoms with E-state index in [0.717, 1.165) is 23.0 Å². The van der Waals surface area contributed by atoms with Gasteiger partial charge in [-0.3, -0.25) is 0 Å². The quantitative estimate of drug-likeness (QED) is 0.371. The second-order valence-electron chi connectivity index (χ2n) is 9.16. The molecule has 0 saturated heterocycles. The molecule has 3 aromatic carbocycles. The summed E-state index contributed by atoms with van der Waals surface area (Å²) in [7, 11) is 0. The molecule has 0 fully saturated rings. The average molecular weight is 368 g/mol. The Balaban J connectivity index is 1.91. The molecular weight excluding hydrogens is 343 g/mol. The van der Waals surface area contributed by atoms with Crippen LogP contribution in [0.3, 0.4) is 0 Å². The summed E-state index contributed by atoms with van der Waals surface area (Å²) in [4.78, 5) is 0. The number of ether oxygens (including phenoxy) is 2. The van der Waals surface area contributed by atoms with E-state index in [2.05, 4.69) is 77.9 Å². The first kappa shape index (κ1) is 17.4. The summed E-state index contributed by atoms with van der Waals surface area (Å²) in [6, 6.07) is 15.0. The van der Waals surface area contributed by atoms with Crippen molar-refractivity contribution in [1.82, 2.24) is 0 Å². The van der Waals surface area contributed by atoms with Crippen molar-refractivity contribution >= 4 is 23.1 Å². The maximum absolute atomic E-state index is 6.56. The maximum Gasteiger partial charge on any atom is 0.260 e. The highest BCUT2D eigenvalue weighted by molar-refractivity contribution is 6.98. The molecule has 0 aromatic heterocycles. The highest BCUT2D eigenvalue weighted by Gasteiger charge is 2.43. The average Bonchev–Trinajstić information content (AvgIpc) is 2.64. The van der Waals surface area contributed by atoms with E-state index in [9.17, 15) is 0 Å². The van der Waals surface area contributed by atoms with Gasteiger partial charge in [0.25, 0.3) is 6.71 Å². The van der Waals surface area contributed by atoms with Gasteiger partial charge in [-0.05, 0) is 71.5 Å². The van der Waals surface area contributed by atoms with E-state index >= 15 is 0 Å². The fourth-order valence-electron chi connectivity index (χ4n) is 5.14. The number of hydrogen-bond acceptors (Lipinski definition) is 2.